The van der Waals surface area contributed by atoms with Crippen LogP contribution in [-0.2, 0) is 4.79 Å². The minimum atomic E-state index is -0.230. The summed E-state index contributed by atoms with van der Waals surface area (Å²) in [6.07, 6.45) is 1.41. The van der Waals surface area contributed by atoms with Crippen molar-refractivity contribution in [2.45, 2.75) is 6.92 Å². The van der Waals surface area contributed by atoms with Gasteiger partial charge < -0.3 is 5.32 Å². The fourth-order valence-electron chi connectivity index (χ4n) is 2.21. The van der Waals surface area contributed by atoms with Crippen LogP contribution >= 0.6 is 0 Å². The van der Waals surface area contributed by atoms with Gasteiger partial charge in [-0.25, -0.2) is 0 Å². The Morgan fingerprint density at radius 2 is 1.75 bits per heavy atom. The molecular formula is C17H13NO2. The van der Waals surface area contributed by atoms with E-state index in [1.54, 1.807) is 12.1 Å². The molecule has 0 atom stereocenters. The lowest BCUT2D eigenvalue weighted by Crippen LogP contribution is -2.06. The topological polar surface area (TPSA) is 46.2 Å². The van der Waals surface area contributed by atoms with Gasteiger partial charge in [0.05, 0.1) is 5.57 Å². The minimum absolute atomic E-state index is 0.160. The Labute approximate surface area is 116 Å². The van der Waals surface area contributed by atoms with Crippen LogP contribution in [0.25, 0.3) is 5.57 Å². The summed E-state index contributed by atoms with van der Waals surface area (Å²) in [6, 6.07) is 14.7. The number of benzene rings is 2. The largest absolute Gasteiger partial charge is 0.321 e. The van der Waals surface area contributed by atoms with Crippen LogP contribution in [0, 0.1) is 6.92 Å². The van der Waals surface area contributed by atoms with Crippen molar-refractivity contribution in [1.82, 2.24) is 0 Å². The molecule has 98 valence electrons. The summed E-state index contributed by atoms with van der Waals surface area (Å²) in [5.41, 5.74) is 3.63. The number of nitrogens with one attached hydrogen (secondary N) is 1. The number of rotatable bonds is 2. The number of fused-ring (bicyclic) bond motifs is 1. The number of amides is 1. The molecule has 0 radical (unpaired) electrons. The molecule has 1 heterocycles. The fraction of sp³-hybridized carbons (Fsp3) is 0.0588. The van der Waals surface area contributed by atoms with E-state index in [1.165, 1.54) is 6.08 Å². The molecule has 2 aromatic rings. The Morgan fingerprint density at radius 3 is 2.50 bits per heavy atom. The van der Waals surface area contributed by atoms with E-state index in [9.17, 15) is 9.59 Å². The van der Waals surface area contributed by atoms with Crippen LogP contribution in [0.1, 0.15) is 21.5 Å². The SMILES string of the molecule is Cc1ccc(C(=O)C=C2C(=O)Nc3ccccc32)cc1. The van der Waals surface area contributed by atoms with Gasteiger partial charge in [-0.15, -0.1) is 0 Å². The first-order chi connectivity index (χ1) is 9.65. The lowest BCUT2D eigenvalue weighted by molar-refractivity contribution is -0.110. The van der Waals surface area contributed by atoms with Gasteiger partial charge in [0, 0.05) is 16.8 Å². The molecule has 3 nitrogen and oxygen atoms in total. The predicted octanol–water partition coefficient (Wildman–Crippen LogP) is 3.21. The maximum absolute atomic E-state index is 12.2. The van der Waals surface area contributed by atoms with Crippen LogP contribution in [0.2, 0.25) is 0 Å². The molecule has 0 spiro atoms. The van der Waals surface area contributed by atoms with Crippen molar-refractivity contribution >= 4 is 23.0 Å². The Balaban J connectivity index is 1.98. The van der Waals surface area contributed by atoms with E-state index < -0.39 is 0 Å². The Kier molecular flexibility index (Phi) is 2.95. The van der Waals surface area contributed by atoms with Gasteiger partial charge in [0.2, 0.25) is 0 Å². The highest BCUT2D eigenvalue weighted by atomic mass is 16.2. The van der Waals surface area contributed by atoms with E-state index in [4.69, 9.17) is 0 Å². The molecule has 1 amide bonds. The highest BCUT2D eigenvalue weighted by molar-refractivity contribution is 6.35. The van der Waals surface area contributed by atoms with Crippen molar-refractivity contribution in [3.8, 4) is 0 Å². The van der Waals surface area contributed by atoms with Crippen LogP contribution in [-0.4, -0.2) is 11.7 Å². The zero-order chi connectivity index (χ0) is 14.1. The molecule has 1 N–H and O–H groups in total. The summed E-state index contributed by atoms with van der Waals surface area (Å²) in [5, 5.41) is 2.75. The van der Waals surface area contributed by atoms with Gasteiger partial charge in [-0.1, -0.05) is 48.0 Å². The summed E-state index contributed by atoms with van der Waals surface area (Å²) in [5.74, 6) is -0.390. The Hall–Kier alpha value is -2.68. The van der Waals surface area contributed by atoms with Crippen LogP contribution in [0.15, 0.2) is 54.6 Å². The van der Waals surface area contributed by atoms with E-state index in [2.05, 4.69) is 5.32 Å². The first kappa shape index (κ1) is 12.4. The zero-order valence-corrected chi connectivity index (χ0v) is 11.0. The molecule has 1 aliphatic heterocycles. The normalized spacial score (nSPS) is 15.1. The van der Waals surface area contributed by atoms with Gasteiger partial charge in [0.15, 0.2) is 5.78 Å². The molecule has 3 rings (SSSR count). The lowest BCUT2D eigenvalue weighted by Gasteiger charge is -1.99. The van der Waals surface area contributed by atoms with E-state index in [1.807, 2.05) is 43.3 Å². The van der Waals surface area contributed by atoms with Crippen LogP contribution in [0.4, 0.5) is 5.69 Å². The molecule has 0 saturated carbocycles. The number of anilines is 1. The number of aryl methyl sites for hydroxylation is 1. The molecule has 3 heteroatoms. The van der Waals surface area contributed by atoms with Gasteiger partial charge in [0.1, 0.15) is 0 Å². The summed E-state index contributed by atoms with van der Waals surface area (Å²) < 4.78 is 0. The Morgan fingerprint density at radius 1 is 1.05 bits per heavy atom. The van der Waals surface area contributed by atoms with Crippen LogP contribution in [0.3, 0.4) is 0 Å². The quantitative estimate of drug-likeness (QED) is 0.668. The van der Waals surface area contributed by atoms with Gasteiger partial charge in [-0.3, -0.25) is 9.59 Å². The average molecular weight is 263 g/mol. The second-order valence-electron chi connectivity index (χ2n) is 4.79. The number of carbonyl (C=O) groups excluding carboxylic acids is 2. The molecule has 1 aliphatic rings. The van der Waals surface area contributed by atoms with Crippen LogP contribution < -0.4 is 5.32 Å². The monoisotopic (exact) mass is 263 g/mol. The average Bonchev–Trinajstić information content (AvgIpc) is 2.76. The summed E-state index contributed by atoms with van der Waals surface area (Å²) in [7, 11) is 0. The molecule has 0 aliphatic carbocycles. The third kappa shape index (κ3) is 2.14. The number of hydrogen-bond donors (Lipinski definition) is 1. The summed E-state index contributed by atoms with van der Waals surface area (Å²) in [6.45, 7) is 1.97. The van der Waals surface area contributed by atoms with Crippen molar-refractivity contribution < 1.29 is 9.59 Å². The van der Waals surface area contributed by atoms with E-state index in [0.29, 0.717) is 11.1 Å². The fourth-order valence-corrected chi connectivity index (χ4v) is 2.21. The minimum Gasteiger partial charge on any atom is -0.321 e. The molecular weight excluding hydrogens is 250 g/mol. The number of ketones is 1. The van der Waals surface area contributed by atoms with E-state index >= 15 is 0 Å². The van der Waals surface area contributed by atoms with Crippen molar-refractivity contribution in [2.24, 2.45) is 0 Å². The maximum atomic E-state index is 12.2. The Bertz CT molecular complexity index is 727. The van der Waals surface area contributed by atoms with Crippen LogP contribution in [0.5, 0.6) is 0 Å². The highest BCUT2D eigenvalue weighted by Gasteiger charge is 2.24. The van der Waals surface area contributed by atoms with Gasteiger partial charge in [0.25, 0.3) is 5.91 Å². The zero-order valence-electron chi connectivity index (χ0n) is 11.0. The molecule has 0 bridgehead atoms. The molecule has 0 saturated heterocycles. The molecule has 0 fully saturated rings. The second kappa shape index (κ2) is 4.78. The molecule has 2 aromatic carbocycles. The number of allylic oxidation sites excluding steroid dienone is 1. The number of para-hydroxylation sites is 1. The number of hydrogen-bond acceptors (Lipinski definition) is 2. The first-order valence-corrected chi connectivity index (χ1v) is 6.38. The molecule has 20 heavy (non-hydrogen) atoms. The van der Waals surface area contributed by atoms with Crippen molar-refractivity contribution in [2.75, 3.05) is 5.32 Å². The van der Waals surface area contributed by atoms with E-state index in [0.717, 1.165) is 16.8 Å². The van der Waals surface area contributed by atoms with E-state index in [-0.39, 0.29) is 11.7 Å². The first-order valence-electron chi connectivity index (χ1n) is 6.38. The molecule has 0 unspecified atom stereocenters. The predicted molar refractivity (Wildman–Crippen MR) is 78.6 cm³/mol. The third-order valence-electron chi connectivity index (χ3n) is 3.32. The smallest absolute Gasteiger partial charge is 0.256 e. The second-order valence-corrected chi connectivity index (χ2v) is 4.79. The van der Waals surface area contributed by atoms with Gasteiger partial charge in [-0.2, -0.15) is 0 Å². The summed E-state index contributed by atoms with van der Waals surface area (Å²) >= 11 is 0. The van der Waals surface area contributed by atoms with Crippen molar-refractivity contribution in [3.63, 3.8) is 0 Å². The third-order valence-corrected chi connectivity index (χ3v) is 3.32. The summed E-state index contributed by atoms with van der Waals surface area (Å²) in [4.78, 5) is 24.1. The van der Waals surface area contributed by atoms with Crippen molar-refractivity contribution in [3.05, 3.63) is 71.3 Å². The standard InChI is InChI=1S/C17H13NO2/c1-11-6-8-12(9-7-11)16(19)10-14-13-4-2-3-5-15(13)18-17(14)20/h2-10H,1H3,(H,18,20). The number of carbonyl (C=O) groups is 2. The lowest BCUT2D eigenvalue weighted by atomic mass is 10.0. The highest BCUT2D eigenvalue weighted by Crippen LogP contribution is 2.31. The van der Waals surface area contributed by atoms with Gasteiger partial charge >= 0.3 is 0 Å². The maximum Gasteiger partial charge on any atom is 0.256 e. The van der Waals surface area contributed by atoms with Gasteiger partial charge in [-0.05, 0) is 19.1 Å². The molecule has 0 aromatic heterocycles. The van der Waals surface area contributed by atoms with Crippen molar-refractivity contribution in [1.29, 1.82) is 0 Å².